The molecule has 1 aliphatic rings. The number of benzene rings is 1. The number of anilines is 3. The van der Waals surface area contributed by atoms with E-state index in [2.05, 4.69) is 42.4 Å². The molecular weight excluding hydrogens is 417 g/mol. The van der Waals surface area contributed by atoms with E-state index in [0.29, 0.717) is 17.9 Å². The fourth-order valence-corrected chi connectivity index (χ4v) is 4.19. The van der Waals surface area contributed by atoms with Gasteiger partial charge in [-0.3, -0.25) is 0 Å². The Labute approximate surface area is 193 Å². The molecule has 2 aromatic heterocycles. The van der Waals surface area contributed by atoms with Crippen molar-refractivity contribution < 1.29 is 4.39 Å². The molecule has 3 aromatic rings. The number of piperazine rings is 1. The Morgan fingerprint density at radius 3 is 2.39 bits per heavy atom. The quantitative estimate of drug-likeness (QED) is 0.590. The number of nitrogens with one attached hydrogen (secondary N) is 1. The number of rotatable bonds is 7. The van der Waals surface area contributed by atoms with E-state index in [0.717, 1.165) is 67.3 Å². The second kappa shape index (κ2) is 10.3. The third kappa shape index (κ3) is 5.03. The molecule has 4 rings (SSSR count). The summed E-state index contributed by atoms with van der Waals surface area (Å²) in [6, 6.07) is 13.0. The van der Waals surface area contributed by atoms with Crippen molar-refractivity contribution in [1.82, 2.24) is 15.2 Å². The first-order valence-electron chi connectivity index (χ1n) is 11.4. The van der Waals surface area contributed by atoms with Gasteiger partial charge >= 0.3 is 0 Å². The van der Waals surface area contributed by atoms with E-state index in [1.807, 2.05) is 38.2 Å². The second-order valence-corrected chi connectivity index (χ2v) is 7.99. The van der Waals surface area contributed by atoms with Crippen molar-refractivity contribution in [2.75, 3.05) is 41.3 Å². The number of hydrogen-bond acceptors (Lipinski definition) is 7. The lowest BCUT2D eigenvalue weighted by Crippen LogP contribution is -2.46. The van der Waals surface area contributed by atoms with Crippen LogP contribution in [0, 0.1) is 17.1 Å². The highest BCUT2D eigenvalue weighted by molar-refractivity contribution is 5.57. The molecule has 7 nitrogen and oxygen atoms in total. The predicted molar refractivity (Wildman–Crippen MR) is 128 cm³/mol. The number of halogens is 1. The normalized spacial score (nSPS) is 13.6. The molecule has 33 heavy (non-hydrogen) atoms. The van der Waals surface area contributed by atoms with E-state index in [-0.39, 0.29) is 5.82 Å². The molecule has 0 amide bonds. The van der Waals surface area contributed by atoms with Gasteiger partial charge in [-0.05, 0) is 60.4 Å². The smallest absolute Gasteiger partial charge is 0.167 e. The first-order chi connectivity index (χ1) is 16.1. The van der Waals surface area contributed by atoms with Gasteiger partial charge in [-0.2, -0.15) is 10.4 Å². The Hall–Kier alpha value is -3.73. The Balaban J connectivity index is 1.41. The van der Waals surface area contributed by atoms with Gasteiger partial charge in [-0.1, -0.05) is 13.8 Å². The van der Waals surface area contributed by atoms with Crippen LogP contribution in [-0.2, 0) is 19.4 Å². The molecule has 0 unspecified atom stereocenters. The molecule has 1 aliphatic heterocycles. The zero-order chi connectivity index (χ0) is 23.2. The Morgan fingerprint density at radius 1 is 1.00 bits per heavy atom. The minimum atomic E-state index is -0.216. The van der Waals surface area contributed by atoms with Crippen LogP contribution >= 0.6 is 0 Å². The average Bonchev–Trinajstić information content (AvgIpc) is 2.87. The molecular formula is C25H28FN7. The third-order valence-electron chi connectivity index (χ3n) is 6.02. The summed E-state index contributed by atoms with van der Waals surface area (Å²) in [5.41, 5.74) is 4.52. The lowest BCUT2D eigenvalue weighted by Gasteiger charge is -2.36. The molecule has 170 valence electrons. The average molecular weight is 446 g/mol. The number of nitriles is 1. The number of hydrogen-bond donors (Lipinski definition) is 1. The topological polar surface area (TPSA) is 81.0 Å². The molecule has 1 saturated heterocycles. The molecule has 1 fully saturated rings. The molecule has 1 N–H and O–H groups in total. The third-order valence-corrected chi connectivity index (χ3v) is 6.02. The summed E-state index contributed by atoms with van der Waals surface area (Å²) < 4.78 is 13.2. The van der Waals surface area contributed by atoms with E-state index in [1.54, 1.807) is 0 Å². The van der Waals surface area contributed by atoms with Crippen molar-refractivity contribution in [2.45, 2.75) is 33.2 Å². The summed E-state index contributed by atoms with van der Waals surface area (Å²) in [7, 11) is 0. The molecule has 0 aliphatic carbocycles. The Morgan fingerprint density at radius 2 is 1.73 bits per heavy atom. The lowest BCUT2D eigenvalue weighted by molar-refractivity contribution is 0.624. The standard InChI is InChI=1S/C25H28FN7/c1-3-21-22(16-27)25(31-30-23(21)4-2)29-17-18-9-10-28-24(15-18)33-13-11-32(12-14-33)20-7-5-19(26)6-8-20/h5-10,15H,3-4,11-14,17H2,1-2H3,(H,29,31). The van der Waals surface area contributed by atoms with Gasteiger partial charge < -0.3 is 15.1 Å². The number of nitrogens with zero attached hydrogens (tertiary/aromatic N) is 6. The van der Waals surface area contributed by atoms with Gasteiger partial charge in [0.2, 0.25) is 0 Å². The summed E-state index contributed by atoms with van der Waals surface area (Å²) in [4.78, 5) is 9.08. The van der Waals surface area contributed by atoms with Crippen molar-refractivity contribution in [2.24, 2.45) is 0 Å². The molecule has 0 radical (unpaired) electrons. The maximum Gasteiger partial charge on any atom is 0.167 e. The van der Waals surface area contributed by atoms with Gasteiger partial charge in [-0.15, -0.1) is 5.10 Å². The van der Waals surface area contributed by atoms with Gasteiger partial charge in [0.25, 0.3) is 0 Å². The largest absolute Gasteiger partial charge is 0.368 e. The maximum atomic E-state index is 13.2. The molecule has 0 spiro atoms. The molecule has 1 aromatic carbocycles. The molecule has 8 heteroatoms. The summed E-state index contributed by atoms with van der Waals surface area (Å²) in [5, 5.41) is 21.5. The van der Waals surface area contributed by atoms with E-state index < -0.39 is 0 Å². The summed E-state index contributed by atoms with van der Waals surface area (Å²) in [5.74, 6) is 1.24. The molecule has 0 atom stereocenters. The maximum absolute atomic E-state index is 13.2. The van der Waals surface area contributed by atoms with Crippen LogP contribution in [0.25, 0.3) is 0 Å². The zero-order valence-corrected chi connectivity index (χ0v) is 19.1. The summed E-state index contributed by atoms with van der Waals surface area (Å²) in [6.45, 7) is 7.96. The predicted octanol–water partition coefficient (Wildman–Crippen LogP) is 3.95. The zero-order valence-electron chi connectivity index (χ0n) is 19.1. The highest BCUT2D eigenvalue weighted by Gasteiger charge is 2.19. The summed E-state index contributed by atoms with van der Waals surface area (Å²) in [6.07, 6.45) is 3.32. The first kappa shape index (κ1) is 22.5. The van der Waals surface area contributed by atoms with Gasteiger partial charge in [0.15, 0.2) is 5.82 Å². The lowest BCUT2D eigenvalue weighted by atomic mass is 10.0. The Bertz CT molecular complexity index is 1130. The monoisotopic (exact) mass is 445 g/mol. The van der Waals surface area contributed by atoms with Crippen molar-refractivity contribution in [1.29, 1.82) is 5.26 Å². The van der Waals surface area contributed by atoms with Gasteiger partial charge in [0.1, 0.15) is 23.3 Å². The fourth-order valence-electron chi connectivity index (χ4n) is 4.19. The van der Waals surface area contributed by atoms with Crippen LogP contribution in [0.5, 0.6) is 0 Å². The number of pyridine rings is 1. The highest BCUT2D eigenvalue weighted by Crippen LogP contribution is 2.22. The van der Waals surface area contributed by atoms with Crippen molar-refractivity contribution in [3.05, 3.63) is 70.8 Å². The van der Waals surface area contributed by atoms with E-state index >= 15 is 0 Å². The highest BCUT2D eigenvalue weighted by atomic mass is 19.1. The van der Waals surface area contributed by atoms with E-state index in [9.17, 15) is 9.65 Å². The van der Waals surface area contributed by atoms with Crippen LogP contribution < -0.4 is 15.1 Å². The van der Waals surface area contributed by atoms with Crippen LogP contribution in [0.2, 0.25) is 0 Å². The van der Waals surface area contributed by atoms with Crippen LogP contribution in [0.3, 0.4) is 0 Å². The SMILES string of the molecule is CCc1nnc(NCc2ccnc(N3CCN(c4ccc(F)cc4)CC3)c2)c(C#N)c1CC. The van der Waals surface area contributed by atoms with Crippen LogP contribution in [0.15, 0.2) is 42.6 Å². The van der Waals surface area contributed by atoms with Crippen LogP contribution in [-0.4, -0.2) is 41.4 Å². The van der Waals surface area contributed by atoms with Crippen molar-refractivity contribution >= 4 is 17.3 Å². The van der Waals surface area contributed by atoms with E-state index in [4.69, 9.17) is 0 Å². The molecule has 0 bridgehead atoms. The van der Waals surface area contributed by atoms with Crippen LogP contribution in [0.4, 0.5) is 21.7 Å². The molecule has 3 heterocycles. The number of aryl methyl sites for hydroxylation is 1. The van der Waals surface area contributed by atoms with Crippen molar-refractivity contribution in [3.63, 3.8) is 0 Å². The fraction of sp³-hybridized carbons (Fsp3) is 0.360. The Kier molecular flexibility index (Phi) is 6.98. The van der Waals surface area contributed by atoms with Gasteiger partial charge in [0.05, 0.1) is 5.69 Å². The second-order valence-electron chi connectivity index (χ2n) is 7.99. The minimum absolute atomic E-state index is 0.216. The van der Waals surface area contributed by atoms with Crippen LogP contribution in [0.1, 0.15) is 36.2 Å². The summed E-state index contributed by atoms with van der Waals surface area (Å²) >= 11 is 0. The van der Waals surface area contributed by atoms with Crippen molar-refractivity contribution in [3.8, 4) is 6.07 Å². The minimum Gasteiger partial charge on any atom is -0.368 e. The van der Waals surface area contributed by atoms with E-state index in [1.165, 1.54) is 12.1 Å². The van der Waals surface area contributed by atoms with Gasteiger partial charge in [0, 0.05) is 44.6 Å². The number of aromatic nitrogens is 3. The van der Waals surface area contributed by atoms with Gasteiger partial charge in [-0.25, -0.2) is 9.37 Å². The molecule has 0 saturated carbocycles. The first-order valence-corrected chi connectivity index (χ1v) is 11.4.